The molecule has 0 saturated carbocycles. The fourth-order valence-electron chi connectivity index (χ4n) is 3.08. The summed E-state index contributed by atoms with van der Waals surface area (Å²) in [5.41, 5.74) is 6.94. The number of carbonyl (C=O) groups is 2. The Morgan fingerprint density at radius 2 is 1.08 bits per heavy atom. The molecular formula is C19H25ClO4Ti. The van der Waals surface area contributed by atoms with Gasteiger partial charge in [0, 0.05) is 12.2 Å². The first-order chi connectivity index (χ1) is 11.0. The number of aliphatic carboxylic acids is 2. The zero-order chi connectivity index (χ0) is 17.2. The summed E-state index contributed by atoms with van der Waals surface area (Å²) >= 11 is 0. The molecular weight excluding hydrogens is 376 g/mol. The van der Waals surface area contributed by atoms with Crippen LogP contribution in [0.3, 0.4) is 0 Å². The standard InChI is InChI=1S/C13H17.2C3H4O2.ClH.Ti/c1-3-7-12-10(5-1)9-11-6-2-4-8-13(11)12;2*1-2-3(4)5;;/h9H,1-8H2;2*2H,1H2,(H,4,5);1H;/q-1;;;;+2/p-1. The van der Waals surface area contributed by atoms with Crippen LogP contribution in [0.1, 0.15) is 47.9 Å². The molecule has 0 aromatic heterocycles. The largest absolute Gasteiger partial charge is 2.00 e. The molecule has 0 bridgehead atoms. The topological polar surface area (TPSA) is 74.6 Å². The van der Waals surface area contributed by atoms with Gasteiger partial charge < -0.3 is 22.6 Å². The monoisotopic (exact) mass is 400 g/mol. The quantitative estimate of drug-likeness (QED) is 0.435. The third-order valence-corrected chi connectivity index (χ3v) is 4.08. The van der Waals surface area contributed by atoms with Crippen LogP contribution in [0, 0.1) is 0 Å². The van der Waals surface area contributed by atoms with Gasteiger partial charge in [0.05, 0.1) is 0 Å². The molecule has 0 amide bonds. The van der Waals surface area contributed by atoms with Gasteiger partial charge in [0.15, 0.2) is 0 Å². The van der Waals surface area contributed by atoms with Gasteiger partial charge in [0.2, 0.25) is 0 Å². The Morgan fingerprint density at radius 1 is 0.800 bits per heavy atom. The predicted octanol–water partition coefficient (Wildman–Crippen LogP) is 0.679. The number of aryl methyl sites for hydroxylation is 2. The second-order valence-electron chi connectivity index (χ2n) is 5.65. The van der Waals surface area contributed by atoms with Gasteiger partial charge in [-0.2, -0.15) is 28.3 Å². The predicted molar refractivity (Wildman–Crippen MR) is 91.0 cm³/mol. The molecule has 4 nitrogen and oxygen atoms in total. The molecule has 0 spiro atoms. The van der Waals surface area contributed by atoms with E-state index in [0.717, 1.165) is 12.2 Å². The second kappa shape index (κ2) is 14.0. The van der Waals surface area contributed by atoms with Crippen LogP contribution in [0.25, 0.3) is 0 Å². The van der Waals surface area contributed by atoms with Crippen LogP contribution in [0.5, 0.6) is 0 Å². The van der Waals surface area contributed by atoms with Crippen molar-refractivity contribution in [3.05, 3.63) is 53.6 Å². The van der Waals surface area contributed by atoms with E-state index >= 15 is 0 Å². The summed E-state index contributed by atoms with van der Waals surface area (Å²) in [5.74, 6) is -1.96. The number of carboxylic acid groups (broad SMARTS) is 2. The smallest absolute Gasteiger partial charge is 1.00 e. The number of hydrogen-bond acceptors (Lipinski definition) is 2. The average molecular weight is 401 g/mol. The Bertz CT molecular complexity index is 530. The molecule has 0 aliphatic heterocycles. The van der Waals surface area contributed by atoms with Crippen LogP contribution in [0.2, 0.25) is 0 Å². The molecule has 3 rings (SSSR count). The maximum absolute atomic E-state index is 9.25. The van der Waals surface area contributed by atoms with E-state index in [1.807, 2.05) is 0 Å². The molecule has 0 saturated heterocycles. The van der Waals surface area contributed by atoms with Crippen LogP contribution in [-0.2, 0) is 57.0 Å². The van der Waals surface area contributed by atoms with Gasteiger partial charge in [0.25, 0.3) is 0 Å². The number of fused-ring (bicyclic) bond motifs is 3. The van der Waals surface area contributed by atoms with E-state index in [9.17, 15) is 9.59 Å². The van der Waals surface area contributed by atoms with Crippen molar-refractivity contribution in [1.82, 2.24) is 0 Å². The van der Waals surface area contributed by atoms with Crippen LogP contribution < -0.4 is 12.4 Å². The first-order valence-corrected chi connectivity index (χ1v) is 7.99. The van der Waals surface area contributed by atoms with E-state index in [0.29, 0.717) is 0 Å². The van der Waals surface area contributed by atoms with Crippen LogP contribution in [0.4, 0.5) is 0 Å². The van der Waals surface area contributed by atoms with Crippen molar-refractivity contribution in [1.29, 1.82) is 0 Å². The third kappa shape index (κ3) is 9.15. The Hall–Kier alpha value is -1.23. The Morgan fingerprint density at radius 3 is 1.36 bits per heavy atom. The Labute approximate surface area is 170 Å². The van der Waals surface area contributed by atoms with E-state index in [2.05, 4.69) is 19.2 Å². The van der Waals surface area contributed by atoms with E-state index in [1.54, 1.807) is 22.3 Å². The molecule has 2 aliphatic carbocycles. The minimum atomic E-state index is -0.981. The van der Waals surface area contributed by atoms with Crippen LogP contribution in [-0.4, -0.2) is 22.2 Å². The van der Waals surface area contributed by atoms with Gasteiger partial charge in [0.1, 0.15) is 0 Å². The van der Waals surface area contributed by atoms with Crippen LogP contribution in [0.15, 0.2) is 31.4 Å². The van der Waals surface area contributed by atoms with Gasteiger partial charge in [-0.1, -0.05) is 64.5 Å². The number of carboxylic acids is 2. The minimum Gasteiger partial charge on any atom is -1.00 e. The zero-order valence-electron chi connectivity index (χ0n) is 14.4. The zero-order valence-corrected chi connectivity index (χ0v) is 16.7. The van der Waals surface area contributed by atoms with Gasteiger partial charge in [-0.25, -0.2) is 9.59 Å². The molecule has 2 N–H and O–H groups in total. The van der Waals surface area contributed by atoms with Gasteiger partial charge in [-0.3, -0.25) is 0 Å². The van der Waals surface area contributed by atoms with E-state index < -0.39 is 11.9 Å². The summed E-state index contributed by atoms with van der Waals surface area (Å²) in [4.78, 5) is 18.5. The van der Waals surface area contributed by atoms with Crippen molar-refractivity contribution in [2.75, 3.05) is 0 Å². The first kappa shape index (κ1) is 26.0. The molecule has 136 valence electrons. The van der Waals surface area contributed by atoms with E-state index in [-0.39, 0.29) is 34.1 Å². The van der Waals surface area contributed by atoms with Gasteiger partial charge >= 0.3 is 33.7 Å². The normalized spacial score (nSPS) is 13.4. The summed E-state index contributed by atoms with van der Waals surface area (Å²) in [7, 11) is 0. The maximum atomic E-state index is 9.25. The fourth-order valence-corrected chi connectivity index (χ4v) is 3.08. The molecule has 0 fully saturated rings. The number of halogens is 1. The molecule has 0 atom stereocenters. The van der Waals surface area contributed by atoms with Gasteiger partial charge in [-0.05, 0) is 0 Å². The first-order valence-electron chi connectivity index (χ1n) is 7.99. The fraction of sp³-hybridized carbons (Fsp3) is 0.421. The van der Waals surface area contributed by atoms with Crippen molar-refractivity contribution >= 4 is 11.9 Å². The molecule has 25 heavy (non-hydrogen) atoms. The second-order valence-corrected chi connectivity index (χ2v) is 5.65. The van der Waals surface area contributed by atoms with Crippen molar-refractivity contribution in [3.63, 3.8) is 0 Å². The minimum absolute atomic E-state index is 0. The Balaban J connectivity index is 0. The summed E-state index contributed by atoms with van der Waals surface area (Å²) in [6, 6.07) is 2.52. The average Bonchev–Trinajstić information content (AvgIpc) is 2.94. The molecule has 1 aromatic carbocycles. The molecule has 1 aromatic rings. The van der Waals surface area contributed by atoms with Crippen molar-refractivity contribution in [2.45, 2.75) is 51.4 Å². The summed E-state index contributed by atoms with van der Waals surface area (Å²) < 4.78 is 0. The maximum Gasteiger partial charge on any atom is 2.00 e. The molecule has 0 radical (unpaired) electrons. The number of rotatable bonds is 2. The van der Waals surface area contributed by atoms with E-state index in [4.69, 9.17) is 10.2 Å². The van der Waals surface area contributed by atoms with Crippen molar-refractivity contribution < 1.29 is 53.9 Å². The van der Waals surface area contributed by atoms with Gasteiger partial charge in [-0.15, -0.1) is 0 Å². The molecule has 0 heterocycles. The molecule has 6 heteroatoms. The SMILES string of the molecule is C=CC(=O)O.C=CC(=O)O.[Cl-].[Ti+2].[cH-]1c2c(c3c1CCCC3)CCCC2. The third-order valence-electron chi connectivity index (χ3n) is 4.08. The van der Waals surface area contributed by atoms with Crippen molar-refractivity contribution in [3.8, 4) is 0 Å². The van der Waals surface area contributed by atoms with Crippen molar-refractivity contribution in [2.24, 2.45) is 0 Å². The van der Waals surface area contributed by atoms with Crippen LogP contribution >= 0.6 is 0 Å². The Kier molecular flexibility index (Phi) is 14.6. The summed E-state index contributed by atoms with van der Waals surface area (Å²) in [6.45, 7) is 5.92. The summed E-state index contributed by atoms with van der Waals surface area (Å²) in [6.07, 6.45) is 12.9. The van der Waals surface area contributed by atoms with E-state index in [1.165, 1.54) is 51.4 Å². The molecule has 0 unspecified atom stereocenters. The summed E-state index contributed by atoms with van der Waals surface area (Å²) in [5, 5.41) is 15.2. The number of hydrogen-bond donors (Lipinski definition) is 2. The molecule has 2 aliphatic rings.